The van der Waals surface area contributed by atoms with Crippen molar-refractivity contribution in [1.82, 2.24) is 0 Å². The number of benzene rings is 1. The van der Waals surface area contributed by atoms with E-state index in [9.17, 15) is 16.8 Å². The first-order valence-corrected chi connectivity index (χ1v) is 9.92. The van der Waals surface area contributed by atoms with Gasteiger partial charge in [-0.05, 0) is 18.1 Å². The van der Waals surface area contributed by atoms with Crippen molar-refractivity contribution in [2.24, 2.45) is 0 Å². The molecule has 1 atom stereocenters. The van der Waals surface area contributed by atoms with Crippen molar-refractivity contribution in [2.75, 3.05) is 6.61 Å². The van der Waals surface area contributed by atoms with Gasteiger partial charge in [-0.15, -0.1) is 6.58 Å². The van der Waals surface area contributed by atoms with E-state index in [-0.39, 0.29) is 65.7 Å². The Morgan fingerprint density at radius 3 is 2.20 bits per heavy atom. The summed E-state index contributed by atoms with van der Waals surface area (Å²) in [6.45, 7) is 5.02. The molecule has 0 N–H and O–H groups in total. The van der Waals surface area contributed by atoms with Crippen LogP contribution >= 0.6 is 0 Å². The Kier molecular flexibility index (Phi) is 14.9. The topological polar surface area (TPSA) is 86.7 Å². The molecule has 0 amide bonds. The van der Waals surface area contributed by atoms with Gasteiger partial charge < -0.3 is 4.18 Å². The molecule has 0 saturated carbocycles. The Balaban J connectivity index is 0. The van der Waals surface area contributed by atoms with Crippen molar-refractivity contribution >= 4 is 85.4 Å². The molecule has 1 aromatic rings. The molecular weight excluding hydrogens is 386 g/mol. The minimum absolute atomic E-state index is 0. The normalized spacial score (nSPS) is 12.7. The Morgan fingerprint density at radius 1 is 1.08 bits per heavy atom. The first kappa shape index (κ1) is 27.6. The zero-order chi connectivity index (χ0) is 17.3. The van der Waals surface area contributed by atoms with Gasteiger partial charge >= 0.3 is 69.2 Å². The zero-order valence-corrected chi connectivity index (χ0v) is 14.4. The Labute approximate surface area is 194 Å². The summed E-state index contributed by atoms with van der Waals surface area (Å²) in [5.41, 5.74) is 0.708. The van der Waals surface area contributed by atoms with E-state index in [0.29, 0.717) is 12.0 Å². The molecule has 1 rings (SSSR count). The van der Waals surface area contributed by atoms with Crippen molar-refractivity contribution in [1.29, 1.82) is 0 Å². The van der Waals surface area contributed by atoms with Gasteiger partial charge in [-0.3, -0.25) is 4.18 Å². The molecule has 0 aliphatic heterocycles. The van der Waals surface area contributed by atoms with Crippen LogP contribution in [0.5, 0.6) is 0 Å². The third kappa shape index (κ3) is 9.74. The molecule has 0 aliphatic carbocycles. The standard InChI is InChI=1S/C15H20O6S2.2Na.2H/c1-3-5-12-20-22(16,17)15(4-2)23(18,19)21-13-11-14-9-7-6-8-10-14;;;;/h4,6-11,13,15H,2-3,5,12H2,1H3;;;;. The van der Waals surface area contributed by atoms with Crippen molar-refractivity contribution in [3.63, 3.8) is 0 Å². The Hall–Kier alpha value is 0.360. The summed E-state index contributed by atoms with van der Waals surface area (Å²) in [6.07, 6.45) is 4.31. The third-order valence-corrected chi connectivity index (χ3v) is 6.57. The van der Waals surface area contributed by atoms with E-state index in [1.165, 1.54) is 6.08 Å². The second kappa shape index (κ2) is 13.5. The van der Waals surface area contributed by atoms with Gasteiger partial charge in [0.15, 0.2) is 0 Å². The maximum atomic E-state index is 12.0. The molecule has 0 radical (unpaired) electrons. The molecule has 1 unspecified atom stereocenters. The van der Waals surface area contributed by atoms with Crippen LogP contribution in [0.15, 0.2) is 49.2 Å². The minimum atomic E-state index is -4.46. The van der Waals surface area contributed by atoms with Crippen LogP contribution in [-0.2, 0) is 28.6 Å². The number of hydrogen-bond acceptors (Lipinski definition) is 6. The average Bonchev–Trinajstić information content (AvgIpc) is 2.48. The van der Waals surface area contributed by atoms with Gasteiger partial charge in [0.05, 0.1) is 6.61 Å². The number of unbranched alkanes of at least 4 members (excludes halogenated alkanes) is 1. The van der Waals surface area contributed by atoms with Gasteiger partial charge in [-0.25, -0.2) is 0 Å². The number of hydrogen-bond donors (Lipinski definition) is 0. The van der Waals surface area contributed by atoms with E-state index in [1.807, 2.05) is 13.0 Å². The molecule has 10 heteroatoms. The van der Waals surface area contributed by atoms with Crippen LogP contribution in [0.2, 0.25) is 0 Å². The van der Waals surface area contributed by atoms with Gasteiger partial charge in [-0.1, -0.05) is 49.8 Å². The summed E-state index contributed by atoms with van der Waals surface area (Å²) in [6, 6.07) is 8.83. The molecule has 0 spiro atoms. The average molecular weight is 408 g/mol. The first-order chi connectivity index (χ1) is 10.8. The second-order valence-corrected chi connectivity index (χ2v) is 8.29. The summed E-state index contributed by atoms with van der Waals surface area (Å²) in [5, 5.41) is 0. The van der Waals surface area contributed by atoms with Crippen LogP contribution in [0.3, 0.4) is 0 Å². The summed E-state index contributed by atoms with van der Waals surface area (Å²) < 4.78 is 55.3. The second-order valence-electron chi connectivity index (χ2n) is 4.57. The molecular formula is C15H22Na2O6S2. The van der Waals surface area contributed by atoms with E-state index >= 15 is 0 Å². The van der Waals surface area contributed by atoms with Crippen molar-refractivity contribution in [3.8, 4) is 0 Å². The molecule has 1 aromatic carbocycles. The van der Waals surface area contributed by atoms with Crippen molar-refractivity contribution in [3.05, 3.63) is 54.8 Å². The monoisotopic (exact) mass is 408 g/mol. The van der Waals surface area contributed by atoms with E-state index in [4.69, 9.17) is 4.18 Å². The molecule has 6 nitrogen and oxygen atoms in total. The summed E-state index contributed by atoms with van der Waals surface area (Å²) in [5.74, 6) is 0. The van der Waals surface area contributed by atoms with Gasteiger partial charge in [0.2, 0.25) is 4.58 Å². The molecule has 0 bridgehead atoms. The molecule has 0 aromatic heterocycles. The van der Waals surface area contributed by atoms with Crippen LogP contribution in [0.25, 0.3) is 6.08 Å². The Morgan fingerprint density at radius 2 is 1.68 bits per heavy atom. The van der Waals surface area contributed by atoms with Crippen molar-refractivity contribution < 1.29 is 25.2 Å². The number of rotatable bonds is 10. The molecule has 0 fully saturated rings. The van der Waals surface area contributed by atoms with Crippen LogP contribution in [0.4, 0.5) is 0 Å². The van der Waals surface area contributed by atoms with E-state index < -0.39 is 24.8 Å². The van der Waals surface area contributed by atoms with Crippen molar-refractivity contribution in [2.45, 2.75) is 24.3 Å². The predicted molar refractivity (Wildman–Crippen MR) is 104 cm³/mol. The molecule has 132 valence electrons. The zero-order valence-electron chi connectivity index (χ0n) is 12.8. The SMILES string of the molecule is C=CC(S(=O)(=O)OC=Cc1ccccc1)S(=O)(=O)OCCCC.[NaH].[NaH]. The molecule has 0 heterocycles. The summed E-state index contributed by atoms with van der Waals surface area (Å²) in [4.78, 5) is 0. The fourth-order valence-electron chi connectivity index (χ4n) is 1.57. The summed E-state index contributed by atoms with van der Waals surface area (Å²) >= 11 is 0. The first-order valence-electron chi connectivity index (χ1n) is 6.98. The van der Waals surface area contributed by atoms with Crippen LogP contribution in [0, 0.1) is 0 Å². The Bertz CT molecular complexity index is 731. The molecule has 0 aliphatic rings. The van der Waals surface area contributed by atoms with Gasteiger partial charge in [-0.2, -0.15) is 16.8 Å². The predicted octanol–water partition coefficient (Wildman–Crippen LogP) is 1.37. The fourth-order valence-corrected chi connectivity index (χ4v) is 4.30. The fraction of sp³-hybridized carbons (Fsp3) is 0.333. The summed E-state index contributed by atoms with van der Waals surface area (Å²) in [7, 11) is -8.82. The van der Waals surface area contributed by atoms with Crippen LogP contribution < -0.4 is 0 Å². The molecule has 0 saturated heterocycles. The van der Waals surface area contributed by atoms with Crippen LogP contribution in [-0.4, -0.2) is 87.1 Å². The van der Waals surface area contributed by atoms with Gasteiger partial charge in [0.25, 0.3) is 10.1 Å². The van der Waals surface area contributed by atoms with E-state index in [0.717, 1.165) is 18.8 Å². The van der Waals surface area contributed by atoms with E-state index in [2.05, 4.69) is 10.8 Å². The van der Waals surface area contributed by atoms with E-state index in [1.54, 1.807) is 24.3 Å². The third-order valence-electron chi connectivity index (χ3n) is 2.76. The van der Waals surface area contributed by atoms with Gasteiger partial charge in [0, 0.05) is 0 Å². The van der Waals surface area contributed by atoms with Gasteiger partial charge in [0.1, 0.15) is 6.26 Å². The maximum absolute atomic E-state index is 12.0. The quantitative estimate of drug-likeness (QED) is 0.191. The molecule has 25 heavy (non-hydrogen) atoms. The van der Waals surface area contributed by atoms with Crippen LogP contribution in [0.1, 0.15) is 25.3 Å².